The third-order valence-electron chi connectivity index (χ3n) is 4.37. The van der Waals surface area contributed by atoms with Crippen LogP contribution < -0.4 is 10.1 Å². The van der Waals surface area contributed by atoms with Crippen molar-refractivity contribution in [1.82, 2.24) is 0 Å². The Morgan fingerprint density at radius 2 is 1.74 bits per heavy atom. The Kier molecular flexibility index (Phi) is 6.49. The van der Waals surface area contributed by atoms with Crippen LogP contribution >= 0.6 is 0 Å². The molecule has 0 saturated carbocycles. The molecule has 0 fully saturated rings. The minimum absolute atomic E-state index is 0.155. The highest BCUT2D eigenvalue weighted by Gasteiger charge is 2.24. The Morgan fingerprint density at radius 3 is 2.30 bits per heavy atom. The van der Waals surface area contributed by atoms with Crippen LogP contribution in [0.5, 0.6) is 5.75 Å². The van der Waals surface area contributed by atoms with E-state index in [1.165, 1.54) is 26.4 Å². The standard InChI is InChI=1S/C20H25NO5S/c1-13-10-14(2)19(18(11-13)20(22)26-5)21-12-15(3)27(23,24)17-8-6-16(25-4)7-9-17/h6-11,15,21H,12H2,1-5H3. The van der Waals surface area contributed by atoms with Crippen molar-refractivity contribution in [1.29, 1.82) is 0 Å². The molecule has 0 heterocycles. The molecule has 0 aliphatic heterocycles. The molecule has 0 spiro atoms. The molecule has 6 nitrogen and oxygen atoms in total. The van der Waals surface area contributed by atoms with Gasteiger partial charge in [0.05, 0.1) is 35.6 Å². The maximum Gasteiger partial charge on any atom is 0.339 e. The highest BCUT2D eigenvalue weighted by Crippen LogP contribution is 2.25. The normalized spacial score (nSPS) is 12.3. The minimum atomic E-state index is -3.53. The molecule has 7 heteroatoms. The minimum Gasteiger partial charge on any atom is -0.497 e. The second-order valence-electron chi connectivity index (χ2n) is 6.41. The van der Waals surface area contributed by atoms with Crippen LogP contribution in [0.1, 0.15) is 28.4 Å². The first-order valence-corrected chi connectivity index (χ1v) is 10.1. The van der Waals surface area contributed by atoms with Gasteiger partial charge in [0.2, 0.25) is 0 Å². The van der Waals surface area contributed by atoms with E-state index in [4.69, 9.17) is 9.47 Å². The number of ether oxygens (including phenoxy) is 2. The monoisotopic (exact) mass is 391 g/mol. The molecule has 1 unspecified atom stereocenters. The molecule has 0 aliphatic rings. The Balaban J connectivity index is 2.24. The number of hydrogen-bond donors (Lipinski definition) is 1. The van der Waals surface area contributed by atoms with E-state index >= 15 is 0 Å². The van der Waals surface area contributed by atoms with Crippen LogP contribution in [0.2, 0.25) is 0 Å². The summed E-state index contributed by atoms with van der Waals surface area (Å²) in [5, 5.41) is 2.42. The van der Waals surface area contributed by atoms with E-state index in [1.807, 2.05) is 19.9 Å². The van der Waals surface area contributed by atoms with Gasteiger partial charge in [-0.05, 0) is 62.2 Å². The smallest absolute Gasteiger partial charge is 0.339 e. The summed E-state index contributed by atoms with van der Waals surface area (Å²) in [6.45, 7) is 5.54. The van der Waals surface area contributed by atoms with E-state index < -0.39 is 21.1 Å². The first kappa shape index (κ1) is 20.8. The van der Waals surface area contributed by atoms with Crippen LogP contribution in [0.3, 0.4) is 0 Å². The predicted molar refractivity (Wildman–Crippen MR) is 105 cm³/mol. The number of sulfone groups is 1. The van der Waals surface area contributed by atoms with Crippen molar-refractivity contribution in [2.75, 3.05) is 26.1 Å². The molecular formula is C20H25NO5S. The summed E-state index contributed by atoms with van der Waals surface area (Å²) in [5.41, 5.74) is 2.76. The van der Waals surface area contributed by atoms with Crippen LogP contribution in [-0.2, 0) is 14.6 Å². The van der Waals surface area contributed by atoms with Gasteiger partial charge in [0, 0.05) is 6.54 Å². The summed E-state index contributed by atoms with van der Waals surface area (Å²) in [5.74, 6) is 0.132. The number of esters is 1. The average molecular weight is 391 g/mol. The Labute approximate surface area is 160 Å². The third kappa shape index (κ3) is 4.60. The summed E-state index contributed by atoms with van der Waals surface area (Å²) in [6, 6.07) is 9.95. The summed E-state index contributed by atoms with van der Waals surface area (Å²) < 4.78 is 35.5. The average Bonchev–Trinajstić information content (AvgIpc) is 2.65. The first-order chi connectivity index (χ1) is 12.7. The highest BCUT2D eigenvalue weighted by molar-refractivity contribution is 7.92. The van der Waals surface area contributed by atoms with Crippen molar-refractivity contribution < 1.29 is 22.7 Å². The molecule has 0 bridgehead atoms. The lowest BCUT2D eigenvalue weighted by molar-refractivity contribution is 0.0601. The van der Waals surface area contributed by atoms with Crippen LogP contribution in [0, 0.1) is 13.8 Å². The van der Waals surface area contributed by atoms with Crippen LogP contribution in [-0.4, -0.2) is 40.4 Å². The van der Waals surface area contributed by atoms with Gasteiger partial charge in [0.25, 0.3) is 0 Å². The van der Waals surface area contributed by atoms with E-state index in [0.29, 0.717) is 17.0 Å². The molecule has 0 radical (unpaired) electrons. The molecule has 27 heavy (non-hydrogen) atoms. The SMILES string of the molecule is COC(=O)c1cc(C)cc(C)c1NCC(C)S(=O)(=O)c1ccc(OC)cc1. The Hall–Kier alpha value is -2.54. The van der Waals surface area contributed by atoms with Gasteiger partial charge in [0.15, 0.2) is 9.84 Å². The van der Waals surface area contributed by atoms with Gasteiger partial charge < -0.3 is 14.8 Å². The lowest BCUT2D eigenvalue weighted by Crippen LogP contribution is -2.27. The summed E-state index contributed by atoms with van der Waals surface area (Å²) in [6.07, 6.45) is 0. The van der Waals surface area contributed by atoms with Crippen LogP contribution in [0.4, 0.5) is 5.69 Å². The molecule has 2 rings (SSSR count). The molecule has 0 aromatic heterocycles. The van der Waals surface area contributed by atoms with E-state index in [-0.39, 0.29) is 11.4 Å². The number of benzene rings is 2. The zero-order chi connectivity index (χ0) is 20.2. The summed E-state index contributed by atoms with van der Waals surface area (Å²) in [7, 11) is -0.681. The largest absolute Gasteiger partial charge is 0.497 e. The van der Waals surface area contributed by atoms with E-state index in [9.17, 15) is 13.2 Å². The topological polar surface area (TPSA) is 81.7 Å². The van der Waals surface area contributed by atoms with Gasteiger partial charge in [-0.15, -0.1) is 0 Å². The van der Waals surface area contributed by atoms with E-state index in [2.05, 4.69) is 5.32 Å². The van der Waals surface area contributed by atoms with Gasteiger partial charge in [-0.25, -0.2) is 13.2 Å². The molecule has 1 atom stereocenters. The number of carbonyl (C=O) groups is 1. The van der Waals surface area contributed by atoms with Gasteiger partial charge in [-0.3, -0.25) is 0 Å². The molecule has 146 valence electrons. The lowest BCUT2D eigenvalue weighted by Gasteiger charge is -2.18. The van der Waals surface area contributed by atoms with Gasteiger partial charge in [-0.1, -0.05) is 6.07 Å². The van der Waals surface area contributed by atoms with E-state index in [1.54, 1.807) is 25.1 Å². The third-order valence-corrected chi connectivity index (χ3v) is 6.52. The molecule has 0 saturated heterocycles. The second-order valence-corrected chi connectivity index (χ2v) is 8.77. The number of nitrogens with one attached hydrogen (secondary N) is 1. The number of rotatable bonds is 7. The molecule has 2 aromatic carbocycles. The number of aryl methyl sites for hydroxylation is 2. The maximum absolute atomic E-state index is 12.8. The number of anilines is 1. The summed E-state index contributed by atoms with van der Waals surface area (Å²) >= 11 is 0. The fraction of sp³-hybridized carbons (Fsp3) is 0.350. The predicted octanol–water partition coefficient (Wildman–Crippen LogP) is 3.37. The van der Waals surface area contributed by atoms with Gasteiger partial charge >= 0.3 is 5.97 Å². The lowest BCUT2D eigenvalue weighted by atomic mass is 10.0. The van der Waals surface area contributed by atoms with Crippen molar-refractivity contribution in [3.63, 3.8) is 0 Å². The van der Waals surface area contributed by atoms with Crippen molar-refractivity contribution in [2.24, 2.45) is 0 Å². The maximum atomic E-state index is 12.8. The molecular weight excluding hydrogens is 366 g/mol. The van der Waals surface area contributed by atoms with Crippen molar-refractivity contribution in [2.45, 2.75) is 30.9 Å². The Morgan fingerprint density at radius 1 is 1.11 bits per heavy atom. The zero-order valence-corrected chi connectivity index (χ0v) is 17.0. The highest BCUT2D eigenvalue weighted by atomic mass is 32.2. The zero-order valence-electron chi connectivity index (χ0n) is 16.2. The fourth-order valence-electron chi connectivity index (χ4n) is 2.83. The molecule has 1 N–H and O–H groups in total. The molecule has 2 aromatic rings. The Bertz CT molecular complexity index is 920. The summed E-state index contributed by atoms with van der Waals surface area (Å²) in [4.78, 5) is 12.3. The van der Waals surface area contributed by atoms with Crippen molar-refractivity contribution >= 4 is 21.5 Å². The van der Waals surface area contributed by atoms with E-state index in [0.717, 1.165) is 11.1 Å². The second kappa shape index (κ2) is 8.43. The van der Waals surface area contributed by atoms with Crippen LogP contribution in [0.15, 0.2) is 41.3 Å². The fourth-order valence-corrected chi connectivity index (χ4v) is 4.11. The van der Waals surface area contributed by atoms with Crippen molar-refractivity contribution in [3.8, 4) is 5.75 Å². The number of hydrogen-bond acceptors (Lipinski definition) is 6. The first-order valence-electron chi connectivity index (χ1n) is 8.52. The quantitative estimate of drug-likeness (QED) is 0.729. The molecule has 0 amide bonds. The van der Waals surface area contributed by atoms with Crippen LogP contribution in [0.25, 0.3) is 0 Å². The van der Waals surface area contributed by atoms with Gasteiger partial charge in [-0.2, -0.15) is 0 Å². The number of methoxy groups -OCH3 is 2. The van der Waals surface area contributed by atoms with Crippen molar-refractivity contribution in [3.05, 3.63) is 53.1 Å². The molecule has 0 aliphatic carbocycles. The van der Waals surface area contributed by atoms with Gasteiger partial charge in [0.1, 0.15) is 5.75 Å². The number of carbonyl (C=O) groups excluding carboxylic acids is 1.